The molecule has 1 heterocycles. The van der Waals surface area contributed by atoms with Crippen LogP contribution in [0.25, 0.3) is 0 Å². The molecule has 3 aromatic rings. The van der Waals surface area contributed by atoms with Crippen molar-refractivity contribution in [1.82, 2.24) is 0 Å². The summed E-state index contributed by atoms with van der Waals surface area (Å²) < 4.78 is 1.15. The molecule has 1 saturated heterocycles. The summed E-state index contributed by atoms with van der Waals surface area (Å²) in [6, 6.07) is 30.5. The number of piperidine rings is 1. The average molecular weight is 489 g/mol. The molecule has 0 aromatic heterocycles. The van der Waals surface area contributed by atoms with E-state index in [0.29, 0.717) is 23.4 Å². The molecule has 4 atom stereocenters. The molecule has 1 aliphatic carbocycles. The molecule has 2 fully saturated rings. The van der Waals surface area contributed by atoms with E-state index in [1.807, 2.05) is 0 Å². The SMILES string of the molecule is Cc1ccc(C2CC3CCC(C)(C)CC3N(c3ccccc3)C2c2ccc(Br)cc2)cc1. The Kier molecular flexibility index (Phi) is 5.92. The lowest BCUT2D eigenvalue weighted by Gasteiger charge is -2.56. The molecule has 0 radical (unpaired) electrons. The quantitative estimate of drug-likeness (QED) is 0.356. The van der Waals surface area contributed by atoms with E-state index in [1.54, 1.807) is 0 Å². The highest BCUT2D eigenvalue weighted by Gasteiger charge is 2.47. The van der Waals surface area contributed by atoms with Gasteiger partial charge in [-0.2, -0.15) is 0 Å². The van der Waals surface area contributed by atoms with E-state index in [1.165, 1.54) is 48.1 Å². The van der Waals surface area contributed by atoms with Crippen LogP contribution in [-0.4, -0.2) is 6.04 Å². The van der Waals surface area contributed by atoms with Crippen LogP contribution in [0.5, 0.6) is 0 Å². The van der Waals surface area contributed by atoms with E-state index >= 15 is 0 Å². The van der Waals surface area contributed by atoms with Crippen molar-refractivity contribution in [3.8, 4) is 0 Å². The molecule has 0 amide bonds. The van der Waals surface area contributed by atoms with Crippen molar-refractivity contribution in [2.45, 2.75) is 64.5 Å². The lowest BCUT2D eigenvalue weighted by atomic mass is 9.63. The molecule has 0 spiro atoms. The van der Waals surface area contributed by atoms with E-state index in [-0.39, 0.29) is 0 Å². The van der Waals surface area contributed by atoms with Crippen LogP contribution in [0.2, 0.25) is 0 Å². The first-order chi connectivity index (χ1) is 15.4. The first-order valence-electron chi connectivity index (χ1n) is 12.1. The van der Waals surface area contributed by atoms with Gasteiger partial charge in [0.2, 0.25) is 0 Å². The van der Waals surface area contributed by atoms with Gasteiger partial charge in [0, 0.05) is 22.1 Å². The number of anilines is 1. The van der Waals surface area contributed by atoms with Gasteiger partial charge < -0.3 is 4.90 Å². The molecule has 5 rings (SSSR count). The summed E-state index contributed by atoms with van der Waals surface area (Å²) in [5.74, 6) is 1.22. The second-order valence-electron chi connectivity index (χ2n) is 10.7. The van der Waals surface area contributed by atoms with Gasteiger partial charge in [0.05, 0.1) is 6.04 Å². The van der Waals surface area contributed by atoms with Crippen LogP contribution in [0.4, 0.5) is 5.69 Å². The van der Waals surface area contributed by atoms with Gasteiger partial charge in [0.25, 0.3) is 0 Å². The largest absolute Gasteiger partial charge is 0.361 e. The van der Waals surface area contributed by atoms with Crippen LogP contribution < -0.4 is 4.90 Å². The summed E-state index contributed by atoms with van der Waals surface area (Å²) >= 11 is 3.65. The Bertz CT molecular complexity index is 1040. The number of benzene rings is 3. The minimum Gasteiger partial charge on any atom is -0.361 e. The lowest BCUT2D eigenvalue weighted by molar-refractivity contribution is 0.112. The smallest absolute Gasteiger partial charge is 0.0614 e. The standard InChI is InChI=1S/C30H34BrN/c1-21-9-11-22(12-10-21)27-19-24-17-18-30(2,3)20-28(24)32(26-7-5-4-6-8-26)29(27)23-13-15-25(31)16-14-23/h4-16,24,27-29H,17-20H2,1-3H3. The molecule has 4 unspecified atom stereocenters. The molecular weight excluding hydrogens is 454 g/mol. The zero-order valence-corrected chi connectivity index (χ0v) is 21.1. The molecular formula is C30H34BrN. The van der Waals surface area contributed by atoms with Crippen LogP contribution in [0.3, 0.4) is 0 Å². The highest BCUT2D eigenvalue weighted by atomic mass is 79.9. The molecule has 1 saturated carbocycles. The van der Waals surface area contributed by atoms with Crippen LogP contribution in [0.15, 0.2) is 83.3 Å². The number of nitrogens with zero attached hydrogens (tertiary/aromatic N) is 1. The minimum absolute atomic E-state index is 0.336. The number of hydrogen-bond acceptors (Lipinski definition) is 1. The number of hydrogen-bond donors (Lipinski definition) is 0. The maximum atomic E-state index is 3.65. The third-order valence-corrected chi connectivity index (χ3v) is 8.39. The summed E-state index contributed by atoms with van der Waals surface area (Å²) in [7, 11) is 0. The van der Waals surface area contributed by atoms with Gasteiger partial charge in [-0.1, -0.05) is 89.9 Å². The highest BCUT2D eigenvalue weighted by molar-refractivity contribution is 9.10. The van der Waals surface area contributed by atoms with Gasteiger partial charge in [-0.05, 0) is 79.3 Å². The molecule has 1 aliphatic heterocycles. The van der Waals surface area contributed by atoms with Crippen LogP contribution in [-0.2, 0) is 0 Å². The van der Waals surface area contributed by atoms with Crippen molar-refractivity contribution in [2.24, 2.45) is 11.3 Å². The second kappa shape index (κ2) is 8.71. The first kappa shape index (κ1) is 21.8. The fourth-order valence-electron chi connectivity index (χ4n) is 6.20. The Morgan fingerprint density at radius 1 is 0.844 bits per heavy atom. The van der Waals surface area contributed by atoms with E-state index in [0.717, 1.165) is 10.4 Å². The Morgan fingerprint density at radius 2 is 1.50 bits per heavy atom. The number of halogens is 1. The average Bonchev–Trinajstić information content (AvgIpc) is 2.79. The van der Waals surface area contributed by atoms with Crippen molar-refractivity contribution in [2.75, 3.05) is 4.90 Å². The molecule has 0 N–H and O–H groups in total. The molecule has 0 bridgehead atoms. The maximum absolute atomic E-state index is 3.65. The molecule has 166 valence electrons. The van der Waals surface area contributed by atoms with Gasteiger partial charge >= 0.3 is 0 Å². The summed E-state index contributed by atoms with van der Waals surface area (Å²) in [5, 5.41) is 0. The topological polar surface area (TPSA) is 3.24 Å². The van der Waals surface area contributed by atoms with E-state index in [4.69, 9.17) is 0 Å². The van der Waals surface area contributed by atoms with Crippen molar-refractivity contribution >= 4 is 21.6 Å². The molecule has 2 aliphatic rings. The fourth-order valence-corrected chi connectivity index (χ4v) is 6.46. The fraction of sp³-hybridized carbons (Fsp3) is 0.400. The number of rotatable bonds is 3. The number of para-hydroxylation sites is 1. The van der Waals surface area contributed by atoms with Crippen molar-refractivity contribution in [3.05, 3.63) is 100 Å². The summed E-state index contributed by atoms with van der Waals surface area (Å²) in [5.41, 5.74) is 6.00. The number of fused-ring (bicyclic) bond motifs is 1. The van der Waals surface area contributed by atoms with Crippen molar-refractivity contribution in [1.29, 1.82) is 0 Å². The zero-order chi connectivity index (χ0) is 22.3. The highest BCUT2D eigenvalue weighted by Crippen LogP contribution is 2.54. The van der Waals surface area contributed by atoms with Crippen LogP contribution in [0, 0.1) is 18.3 Å². The van der Waals surface area contributed by atoms with E-state index in [2.05, 4.69) is 120 Å². The van der Waals surface area contributed by atoms with Crippen LogP contribution >= 0.6 is 15.9 Å². The molecule has 32 heavy (non-hydrogen) atoms. The molecule has 2 heteroatoms. The lowest BCUT2D eigenvalue weighted by Crippen LogP contribution is -2.53. The molecule has 3 aromatic carbocycles. The summed E-state index contributed by atoms with van der Waals surface area (Å²) in [6.45, 7) is 7.12. The van der Waals surface area contributed by atoms with Crippen molar-refractivity contribution in [3.63, 3.8) is 0 Å². The molecule has 1 nitrogen and oxygen atoms in total. The predicted molar refractivity (Wildman–Crippen MR) is 139 cm³/mol. The summed E-state index contributed by atoms with van der Waals surface area (Å²) in [6.07, 6.45) is 5.20. The van der Waals surface area contributed by atoms with E-state index in [9.17, 15) is 0 Å². The van der Waals surface area contributed by atoms with Gasteiger partial charge in [-0.25, -0.2) is 0 Å². The Labute approximate surface area is 202 Å². The normalized spacial score (nSPS) is 27.1. The van der Waals surface area contributed by atoms with Gasteiger partial charge in [-0.3, -0.25) is 0 Å². The van der Waals surface area contributed by atoms with Crippen LogP contribution in [0.1, 0.15) is 68.2 Å². The third kappa shape index (κ3) is 4.27. The summed E-state index contributed by atoms with van der Waals surface area (Å²) in [4.78, 5) is 2.81. The van der Waals surface area contributed by atoms with Crippen molar-refractivity contribution < 1.29 is 0 Å². The van der Waals surface area contributed by atoms with Gasteiger partial charge in [-0.15, -0.1) is 0 Å². The first-order valence-corrected chi connectivity index (χ1v) is 12.9. The zero-order valence-electron chi connectivity index (χ0n) is 19.5. The van der Waals surface area contributed by atoms with Gasteiger partial charge in [0.15, 0.2) is 0 Å². The second-order valence-corrected chi connectivity index (χ2v) is 11.6. The third-order valence-electron chi connectivity index (χ3n) is 7.86. The minimum atomic E-state index is 0.336. The number of aryl methyl sites for hydroxylation is 1. The Morgan fingerprint density at radius 3 is 2.19 bits per heavy atom. The maximum Gasteiger partial charge on any atom is 0.0614 e. The van der Waals surface area contributed by atoms with Gasteiger partial charge in [0.1, 0.15) is 0 Å². The predicted octanol–water partition coefficient (Wildman–Crippen LogP) is 8.69. The Balaban J connectivity index is 1.67. The Hall–Kier alpha value is -2.06. The monoisotopic (exact) mass is 487 g/mol. The van der Waals surface area contributed by atoms with E-state index < -0.39 is 0 Å².